The molecule has 2 fully saturated rings. The number of rotatable bonds is 3. The maximum atomic E-state index is 12.4. The highest BCUT2D eigenvalue weighted by molar-refractivity contribution is 5.78. The molecule has 0 spiro atoms. The molecule has 0 aromatic heterocycles. The molecular formula is C19H29N2O+. The third-order valence-corrected chi connectivity index (χ3v) is 5.47. The van der Waals surface area contributed by atoms with E-state index in [0.29, 0.717) is 12.3 Å². The Morgan fingerprint density at radius 1 is 1.18 bits per heavy atom. The summed E-state index contributed by atoms with van der Waals surface area (Å²) in [6.45, 7) is 6.54. The van der Waals surface area contributed by atoms with E-state index in [1.165, 1.54) is 25.7 Å². The second-order valence-corrected chi connectivity index (χ2v) is 7.17. The van der Waals surface area contributed by atoms with Crippen molar-refractivity contribution in [3.05, 3.63) is 35.9 Å². The average Bonchev–Trinajstić information content (AvgIpc) is 2.56. The van der Waals surface area contributed by atoms with Gasteiger partial charge < -0.3 is 9.80 Å². The number of nitrogens with zero attached hydrogens (tertiary/aromatic N) is 1. The second kappa shape index (κ2) is 7.28. The summed E-state index contributed by atoms with van der Waals surface area (Å²) in [7, 11) is 0. The van der Waals surface area contributed by atoms with Gasteiger partial charge in [0.15, 0.2) is 0 Å². The average molecular weight is 301 g/mol. The van der Waals surface area contributed by atoms with Crippen molar-refractivity contribution in [1.82, 2.24) is 4.90 Å². The van der Waals surface area contributed by atoms with Crippen LogP contribution in [-0.2, 0) is 11.2 Å². The number of quaternary nitrogens is 1. The number of carbonyl (C=O) groups excluding carboxylic acids is 1. The van der Waals surface area contributed by atoms with Gasteiger partial charge in [-0.3, -0.25) is 4.79 Å². The van der Waals surface area contributed by atoms with Gasteiger partial charge in [0, 0.05) is 6.42 Å². The van der Waals surface area contributed by atoms with Crippen LogP contribution in [0.5, 0.6) is 0 Å². The van der Waals surface area contributed by atoms with Crippen molar-refractivity contribution >= 4 is 5.91 Å². The Bertz CT molecular complexity index is 479. The van der Waals surface area contributed by atoms with Gasteiger partial charge in [0.2, 0.25) is 5.91 Å². The van der Waals surface area contributed by atoms with Crippen LogP contribution in [0.15, 0.2) is 30.3 Å². The molecule has 2 atom stereocenters. The van der Waals surface area contributed by atoms with Gasteiger partial charge in [-0.15, -0.1) is 0 Å². The van der Waals surface area contributed by atoms with Crippen LogP contribution < -0.4 is 4.90 Å². The molecule has 1 aliphatic carbocycles. The largest absolute Gasteiger partial charge is 0.331 e. The third kappa shape index (κ3) is 3.89. The summed E-state index contributed by atoms with van der Waals surface area (Å²) in [5.41, 5.74) is 1.13. The first-order valence-electron chi connectivity index (χ1n) is 8.88. The van der Waals surface area contributed by atoms with Crippen molar-refractivity contribution in [2.24, 2.45) is 5.92 Å². The van der Waals surface area contributed by atoms with Gasteiger partial charge in [-0.2, -0.15) is 0 Å². The summed E-state index contributed by atoms with van der Waals surface area (Å²) in [5.74, 6) is 1.19. The van der Waals surface area contributed by atoms with Crippen molar-refractivity contribution < 1.29 is 9.69 Å². The van der Waals surface area contributed by atoms with Crippen LogP contribution in [0.25, 0.3) is 0 Å². The van der Waals surface area contributed by atoms with Gasteiger partial charge in [0.25, 0.3) is 0 Å². The molecule has 1 aromatic rings. The monoisotopic (exact) mass is 301 g/mol. The molecule has 1 N–H and O–H groups in total. The number of piperazine rings is 1. The molecule has 1 aromatic carbocycles. The van der Waals surface area contributed by atoms with Crippen LogP contribution in [0.3, 0.4) is 0 Å². The first-order chi connectivity index (χ1) is 10.7. The SMILES string of the molecule is C[C@H]1CCC[C@H]([NH+]2CCN(C(=O)Cc3ccccc3)CC2)C1. The van der Waals surface area contributed by atoms with Gasteiger partial charge in [-0.1, -0.05) is 43.7 Å². The smallest absolute Gasteiger partial charge is 0.227 e. The Kier molecular flexibility index (Phi) is 5.14. The molecular weight excluding hydrogens is 272 g/mol. The van der Waals surface area contributed by atoms with E-state index in [-0.39, 0.29) is 0 Å². The maximum absolute atomic E-state index is 12.4. The van der Waals surface area contributed by atoms with E-state index >= 15 is 0 Å². The second-order valence-electron chi connectivity index (χ2n) is 7.17. The molecule has 1 saturated heterocycles. The van der Waals surface area contributed by atoms with Crippen molar-refractivity contribution in [3.8, 4) is 0 Å². The van der Waals surface area contributed by atoms with Crippen LogP contribution in [0.4, 0.5) is 0 Å². The summed E-state index contributed by atoms with van der Waals surface area (Å²) in [4.78, 5) is 16.2. The Balaban J connectivity index is 1.48. The molecule has 0 unspecified atom stereocenters. The van der Waals surface area contributed by atoms with E-state index in [4.69, 9.17) is 0 Å². The molecule has 1 amide bonds. The minimum Gasteiger partial charge on any atom is -0.331 e. The standard InChI is InChI=1S/C19H28N2O/c1-16-6-5-9-18(14-16)20-10-12-21(13-11-20)19(22)15-17-7-3-2-4-8-17/h2-4,7-8,16,18H,5-6,9-15H2,1H3/p+1/t16-,18-/m0/s1. The number of hydrogen-bond acceptors (Lipinski definition) is 1. The fourth-order valence-corrected chi connectivity index (χ4v) is 4.14. The van der Waals surface area contributed by atoms with Gasteiger partial charge in [0.1, 0.15) is 0 Å². The summed E-state index contributed by atoms with van der Waals surface area (Å²) in [5, 5.41) is 0. The molecule has 1 aliphatic heterocycles. The molecule has 3 nitrogen and oxygen atoms in total. The quantitative estimate of drug-likeness (QED) is 0.900. The Labute approximate surface area is 134 Å². The molecule has 1 saturated carbocycles. The zero-order valence-electron chi connectivity index (χ0n) is 13.8. The lowest BCUT2D eigenvalue weighted by atomic mass is 9.86. The zero-order chi connectivity index (χ0) is 15.4. The number of hydrogen-bond donors (Lipinski definition) is 1. The Hall–Kier alpha value is -1.35. The highest BCUT2D eigenvalue weighted by Crippen LogP contribution is 2.22. The van der Waals surface area contributed by atoms with Crippen molar-refractivity contribution in [2.45, 2.75) is 45.1 Å². The molecule has 22 heavy (non-hydrogen) atoms. The summed E-state index contributed by atoms with van der Waals surface area (Å²) in [6, 6.07) is 11.0. The lowest BCUT2D eigenvalue weighted by Gasteiger charge is -2.39. The lowest BCUT2D eigenvalue weighted by Crippen LogP contribution is -3.18. The van der Waals surface area contributed by atoms with E-state index in [0.717, 1.165) is 43.7 Å². The lowest BCUT2D eigenvalue weighted by molar-refractivity contribution is -0.930. The topological polar surface area (TPSA) is 24.8 Å². The fourth-order valence-electron chi connectivity index (χ4n) is 4.14. The summed E-state index contributed by atoms with van der Waals surface area (Å²) in [6.07, 6.45) is 6.12. The van der Waals surface area contributed by atoms with Crippen molar-refractivity contribution in [1.29, 1.82) is 0 Å². The summed E-state index contributed by atoms with van der Waals surface area (Å²) >= 11 is 0. The molecule has 3 rings (SSSR count). The van der Waals surface area contributed by atoms with Crippen molar-refractivity contribution in [2.75, 3.05) is 26.2 Å². The van der Waals surface area contributed by atoms with E-state index < -0.39 is 0 Å². The number of carbonyl (C=O) groups is 1. The number of amides is 1. The zero-order valence-corrected chi connectivity index (χ0v) is 13.8. The van der Waals surface area contributed by atoms with Gasteiger partial charge in [0.05, 0.1) is 38.6 Å². The third-order valence-electron chi connectivity index (χ3n) is 5.47. The first-order valence-corrected chi connectivity index (χ1v) is 8.88. The van der Waals surface area contributed by atoms with E-state index in [1.807, 2.05) is 30.3 Å². The van der Waals surface area contributed by atoms with Crippen LogP contribution in [0.1, 0.15) is 38.2 Å². The Morgan fingerprint density at radius 3 is 2.59 bits per heavy atom. The fraction of sp³-hybridized carbons (Fsp3) is 0.632. The Morgan fingerprint density at radius 2 is 1.91 bits per heavy atom. The number of nitrogens with one attached hydrogen (secondary N) is 1. The normalized spacial score (nSPS) is 26.9. The molecule has 0 bridgehead atoms. The van der Waals surface area contributed by atoms with E-state index in [1.54, 1.807) is 4.90 Å². The minimum atomic E-state index is 0.294. The highest BCUT2D eigenvalue weighted by Gasteiger charge is 2.31. The van der Waals surface area contributed by atoms with Crippen LogP contribution in [0.2, 0.25) is 0 Å². The number of benzene rings is 1. The first kappa shape index (κ1) is 15.5. The molecule has 0 radical (unpaired) electrons. The van der Waals surface area contributed by atoms with Gasteiger partial charge >= 0.3 is 0 Å². The predicted molar refractivity (Wildman–Crippen MR) is 88.8 cm³/mol. The van der Waals surface area contributed by atoms with Gasteiger partial charge in [-0.25, -0.2) is 0 Å². The van der Waals surface area contributed by atoms with E-state index in [9.17, 15) is 4.79 Å². The van der Waals surface area contributed by atoms with Crippen molar-refractivity contribution in [3.63, 3.8) is 0 Å². The molecule has 2 aliphatic rings. The predicted octanol–water partition coefficient (Wildman–Crippen LogP) is 1.53. The van der Waals surface area contributed by atoms with Gasteiger partial charge in [-0.05, 0) is 24.3 Å². The highest BCUT2D eigenvalue weighted by atomic mass is 16.2. The maximum Gasteiger partial charge on any atom is 0.227 e. The summed E-state index contributed by atoms with van der Waals surface area (Å²) < 4.78 is 0. The molecule has 1 heterocycles. The molecule has 3 heteroatoms. The molecule has 120 valence electrons. The van der Waals surface area contributed by atoms with Crippen LogP contribution in [0, 0.1) is 5.92 Å². The van der Waals surface area contributed by atoms with E-state index in [2.05, 4.69) is 11.8 Å². The van der Waals surface area contributed by atoms with Crippen LogP contribution in [-0.4, -0.2) is 43.0 Å². The van der Waals surface area contributed by atoms with Crippen LogP contribution >= 0.6 is 0 Å². The minimum absolute atomic E-state index is 0.294.